The lowest BCUT2D eigenvalue weighted by Gasteiger charge is -2.03. The van der Waals surface area contributed by atoms with Gasteiger partial charge in [0.25, 0.3) is 0 Å². The molecule has 0 saturated carbocycles. The van der Waals surface area contributed by atoms with Crippen molar-refractivity contribution >= 4 is 0 Å². The second-order valence-electron chi connectivity index (χ2n) is 3.02. The molecule has 1 aromatic heterocycles. The molecule has 0 aliphatic heterocycles. The Balaban J connectivity index is 2.54. The maximum Gasteiger partial charge on any atom is 0.216 e. The third kappa shape index (κ3) is 1.84. The first kappa shape index (κ1) is 10.5. The van der Waals surface area contributed by atoms with Gasteiger partial charge in [0.2, 0.25) is 5.88 Å². The molecule has 2 rings (SSSR count). The SMILES string of the molecule is COc1ccnc(-c2cccc(F)c2F)n1. The van der Waals surface area contributed by atoms with Gasteiger partial charge in [0.15, 0.2) is 17.5 Å². The normalized spacial score (nSPS) is 10.2. The van der Waals surface area contributed by atoms with Crippen molar-refractivity contribution in [3.05, 3.63) is 42.1 Å². The van der Waals surface area contributed by atoms with Gasteiger partial charge in [-0.3, -0.25) is 0 Å². The molecule has 82 valence electrons. The quantitative estimate of drug-likeness (QED) is 0.782. The van der Waals surface area contributed by atoms with Gasteiger partial charge in [-0.1, -0.05) is 6.07 Å². The molecular formula is C11H8F2N2O. The molecule has 0 fully saturated rings. The smallest absolute Gasteiger partial charge is 0.216 e. The van der Waals surface area contributed by atoms with Gasteiger partial charge in [-0.25, -0.2) is 13.8 Å². The van der Waals surface area contributed by atoms with Gasteiger partial charge in [-0.05, 0) is 12.1 Å². The van der Waals surface area contributed by atoms with E-state index in [1.165, 1.54) is 31.5 Å². The molecule has 0 radical (unpaired) electrons. The second-order valence-corrected chi connectivity index (χ2v) is 3.02. The zero-order chi connectivity index (χ0) is 11.5. The molecule has 0 atom stereocenters. The van der Waals surface area contributed by atoms with E-state index in [4.69, 9.17) is 4.74 Å². The summed E-state index contributed by atoms with van der Waals surface area (Å²) in [4.78, 5) is 7.79. The van der Waals surface area contributed by atoms with E-state index in [2.05, 4.69) is 9.97 Å². The molecule has 16 heavy (non-hydrogen) atoms. The maximum absolute atomic E-state index is 13.4. The van der Waals surface area contributed by atoms with Gasteiger partial charge in [-0.2, -0.15) is 4.98 Å². The number of rotatable bonds is 2. The van der Waals surface area contributed by atoms with Crippen molar-refractivity contribution in [3.63, 3.8) is 0 Å². The van der Waals surface area contributed by atoms with Crippen LogP contribution in [-0.2, 0) is 0 Å². The number of hydrogen-bond acceptors (Lipinski definition) is 3. The van der Waals surface area contributed by atoms with Gasteiger partial charge < -0.3 is 4.74 Å². The molecule has 2 aromatic rings. The number of methoxy groups -OCH3 is 1. The van der Waals surface area contributed by atoms with Crippen LogP contribution >= 0.6 is 0 Å². The van der Waals surface area contributed by atoms with E-state index >= 15 is 0 Å². The Morgan fingerprint density at radius 2 is 2.00 bits per heavy atom. The highest BCUT2D eigenvalue weighted by Gasteiger charge is 2.12. The van der Waals surface area contributed by atoms with E-state index in [9.17, 15) is 8.78 Å². The Kier molecular flexibility index (Phi) is 2.76. The Hall–Kier alpha value is -2.04. The summed E-state index contributed by atoms with van der Waals surface area (Å²) in [7, 11) is 1.44. The summed E-state index contributed by atoms with van der Waals surface area (Å²) in [6.07, 6.45) is 1.42. The van der Waals surface area contributed by atoms with Gasteiger partial charge in [0.1, 0.15) is 0 Å². The summed E-state index contributed by atoms with van der Waals surface area (Å²) >= 11 is 0. The molecular weight excluding hydrogens is 214 g/mol. The minimum absolute atomic E-state index is 0.0129. The molecule has 0 spiro atoms. The van der Waals surface area contributed by atoms with Crippen molar-refractivity contribution in [3.8, 4) is 17.3 Å². The van der Waals surface area contributed by atoms with E-state index in [1.54, 1.807) is 0 Å². The molecule has 0 aliphatic carbocycles. The van der Waals surface area contributed by atoms with Gasteiger partial charge in [-0.15, -0.1) is 0 Å². The molecule has 0 N–H and O–H groups in total. The first-order valence-electron chi connectivity index (χ1n) is 4.54. The van der Waals surface area contributed by atoms with E-state index in [1.807, 2.05) is 0 Å². The van der Waals surface area contributed by atoms with Crippen LogP contribution in [0.5, 0.6) is 5.88 Å². The lowest BCUT2D eigenvalue weighted by atomic mass is 10.2. The molecule has 1 aromatic carbocycles. The van der Waals surface area contributed by atoms with Crippen molar-refractivity contribution < 1.29 is 13.5 Å². The molecule has 0 unspecified atom stereocenters. The van der Waals surface area contributed by atoms with Crippen LogP contribution < -0.4 is 4.74 Å². The molecule has 0 aliphatic rings. The van der Waals surface area contributed by atoms with Crippen LogP contribution in [0.2, 0.25) is 0 Å². The van der Waals surface area contributed by atoms with Crippen molar-refractivity contribution in [2.45, 2.75) is 0 Å². The van der Waals surface area contributed by atoms with Crippen molar-refractivity contribution in [2.24, 2.45) is 0 Å². The lowest BCUT2D eigenvalue weighted by molar-refractivity contribution is 0.397. The number of ether oxygens (including phenoxy) is 1. The molecule has 3 nitrogen and oxygen atoms in total. The minimum atomic E-state index is -0.962. The summed E-state index contributed by atoms with van der Waals surface area (Å²) < 4.78 is 31.3. The zero-order valence-corrected chi connectivity index (χ0v) is 8.45. The number of hydrogen-bond donors (Lipinski definition) is 0. The van der Waals surface area contributed by atoms with Crippen LogP contribution in [0.25, 0.3) is 11.4 Å². The number of aromatic nitrogens is 2. The second kappa shape index (κ2) is 4.22. The summed E-state index contributed by atoms with van der Waals surface area (Å²) in [6, 6.07) is 5.38. The third-order valence-electron chi connectivity index (χ3n) is 2.03. The lowest BCUT2D eigenvalue weighted by Crippen LogP contribution is -1.96. The van der Waals surface area contributed by atoms with Crippen LogP contribution in [0.4, 0.5) is 8.78 Å². The number of nitrogens with zero attached hydrogens (tertiary/aromatic N) is 2. The summed E-state index contributed by atoms with van der Waals surface area (Å²) in [5.41, 5.74) is 0.0129. The van der Waals surface area contributed by atoms with Gasteiger partial charge >= 0.3 is 0 Å². The Morgan fingerprint density at radius 3 is 2.75 bits per heavy atom. The molecule has 0 saturated heterocycles. The predicted octanol–water partition coefficient (Wildman–Crippen LogP) is 2.43. The molecule has 5 heteroatoms. The fraction of sp³-hybridized carbons (Fsp3) is 0.0909. The fourth-order valence-electron chi connectivity index (χ4n) is 1.26. The third-order valence-corrected chi connectivity index (χ3v) is 2.03. The van der Waals surface area contributed by atoms with Crippen molar-refractivity contribution in [1.29, 1.82) is 0 Å². The average Bonchev–Trinajstić information content (AvgIpc) is 2.33. The van der Waals surface area contributed by atoms with E-state index in [0.717, 1.165) is 6.07 Å². The highest BCUT2D eigenvalue weighted by molar-refractivity contribution is 5.56. The fourth-order valence-corrected chi connectivity index (χ4v) is 1.26. The van der Waals surface area contributed by atoms with Crippen LogP contribution in [0.1, 0.15) is 0 Å². The minimum Gasteiger partial charge on any atom is -0.481 e. The summed E-state index contributed by atoms with van der Waals surface area (Å²) in [5.74, 6) is -1.50. The van der Waals surface area contributed by atoms with Crippen molar-refractivity contribution in [2.75, 3.05) is 7.11 Å². The Morgan fingerprint density at radius 1 is 1.19 bits per heavy atom. The number of benzene rings is 1. The van der Waals surface area contributed by atoms with Gasteiger partial charge in [0, 0.05) is 12.3 Å². The molecule has 0 bridgehead atoms. The Bertz CT molecular complexity index is 517. The monoisotopic (exact) mass is 222 g/mol. The summed E-state index contributed by atoms with van der Waals surface area (Å²) in [5, 5.41) is 0. The van der Waals surface area contributed by atoms with Gasteiger partial charge in [0.05, 0.1) is 12.7 Å². The first-order valence-corrected chi connectivity index (χ1v) is 4.54. The summed E-state index contributed by atoms with van der Waals surface area (Å²) in [6.45, 7) is 0. The van der Waals surface area contributed by atoms with E-state index < -0.39 is 11.6 Å². The maximum atomic E-state index is 13.4. The highest BCUT2D eigenvalue weighted by Crippen LogP contribution is 2.22. The zero-order valence-electron chi connectivity index (χ0n) is 8.45. The van der Waals surface area contributed by atoms with E-state index in [-0.39, 0.29) is 11.4 Å². The van der Waals surface area contributed by atoms with E-state index in [0.29, 0.717) is 5.88 Å². The molecule has 0 amide bonds. The topological polar surface area (TPSA) is 35.0 Å². The van der Waals surface area contributed by atoms with Crippen molar-refractivity contribution in [1.82, 2.24) is 9.97 Å². The highest BCUT2D eigenvalue weighted by atomic mass is 19.2. The molecule has 1 heterocycles. The Labute approximate surface area is 90.7 Å². The predicted molar refractivity (Wildman–Crippen MR) is 53.9 cm³/mol. The largest absolute Gasteiger partial charge is 0.481 e. The first-order chi connectivity index (χ1) is 7.72. The van der Waals surface area contributed by atoms with Crippen LogP contribution in [0.15, 0.2) is 30.5 Å². The number of halogens is 2. The van der Waals surface area contributed by atoms with Crippen LogP contribution in [0.3, 0.4) is 0 Å². The average molecular weight is 222 g/mol. The van der Waals surface area contributed by atoms with Crippen LogP contribution in [0, 0.1) is 11.6 Å². The van der Waals surface area contributed by atoms with Crippen LogP contribution in [-0.4, -0.2) is 17.1 Å². The standard InChI is InChI=1S/C11H8F2N2O/c1-16-9-5-6-14-11(15-9)7-3-2-4-8(12)10(7)13/h2-6H,1H3.